The minimum absolute atomic E-state index is 0.563. The lowest BCUT2D eigenvalue weighted by Crippen LogP contribution is -2.26. The molecule has 1 fully saturated rings. The molecule has 3 aliphatic heterocycles. The number of para-hydroxylation sites is 6. The number of thiophene rings is 1. The predicted octanol–water partition coefficient (Wildman–Crippen LogP) is 24.7. The van der Waals surface area contributed by atoms with Gasteiger partial charge in [-0.3, -0.25) is 9.98 Å². The number of nitrogens with zero attached hydrogens (tertiary/aromatic N) is 8. The van der Waals surface area contributed by atoms with Crippen LogP contribution in [0.3, 0.4) is 0 Å². The van der Waals surface area contributed by atoms with Gasteiger partial charge in [-0.15, -0.1) is 23.1 Å². The van der Waals surface area contributed by atoms with Crippen LogP contribution in [0.25, 0.3) is 96.7 Å². The summed E-state index contributed by atoms with van der Waals surface area (Å²) in [6.45, 7) is 5.95. The summed E-state index contributed by atoms with van der Waals surface area (Å²) in [7, 11) is 0. The average Bonchev–Trinajstić information content (AvgIpc) is 1.57. The molecule has 95 heavy (non-hydrogen) atoms. The minimum Gasteiger partial charge on any atom is -0.313 e. The maximum Gasteiger partial charge on any atom is 0.0725 e. The highest BCUT2D eigenvalue weighted by Gasteiger charge is 2.42. The fraction of sp³-hybridized carbons (Fsp3) is 0.0824. The highest BCUT2D eigenvalue weighted by Crippen LogP contribution is 2.65. The predicted molar refractivity (Wildman–Crippen MR) is 405 cm³/mol. The number of pyridine rings is 1. The van der Waals surface area contributed by atoms with Gasteiger partial charge in [0.25, 0.3) is 0 Å². The first-order chi connectivity index (χ1) is 47.1. The van der Waals surface area contributed by atoms with E-state index in [-0.39, 0.29) is 0 Å². The molecule has 8 nitrogen and oxygen atoms in total. The second-order valence-electron chi connectivity index (χ2n) is 25.6. The zero-order chi connectivity index (χ0) is 62.6. The number of rotatable bonds is 8. The van der Waals surface area contributed by atoms with Crippen molar-refractivity contribution in [2.24, 2.45) is 4.99 Å². The first kappa shape index (κ1) is 54.4. The van der Waals surface area contributed by atoms with Crippen molar-refractivity contribution in [3.63, 3.8) is 0 Å². The van der Waals surface area contributed by atoms with Gasteiger partial charge in [0.1, 0.15) is 0 Å². The van der Waals surface area contributed by atoms with Crippen molar-refractivity contribution in [2.75, 3.05) is 19.6 Å². The van der Waals surface area contributed by atoms with Crippen molar-refractivity contribution in [3.8, 4) is 5.69 Å². The molecule has 0 spiro atoms. The van der Waals surface area contributed by atoms with E-state index in [0.717, 1.165) is 118 Å². The first-order valence-electron chi connectivity index (χ1n) is 32.9. The van der Waals surface area contributed by atoms with Gasteiger partial charge in [0.05, 0.1) is 107 Å². The maximum atomic E-state index is 4.72. The van der Waals surface area contributed by atoms with Crippen molar-refractivity contribution in [2.45, 2.75) is 48.7 Å². The van der Waals surface area contributed by atoms with Crippen LogP contribution < -0.4 is 19.6 Å². The number of fused-ring (bicyclic) bond motifs is 18. The van der Waals surface area contributed by atoms with Gasteiger partial charge in [-0.05, 0) is 141 Å². The van der Waals surface area contributed by atoms with Gasteiger partial charge in [0.15, 0.2) is 0 Å². The standard InChI is InChI=1S/C85H60N8S2/c1-52(23-21-45-86-2)88-66-35-11-7-25-54(66)64-47-76-78(49-74(64)88)92(70-39-15-13-37-68(70)90(76)72-41-19-33-62-56-27-9-17-43-80(56)94-84(62)72)82-58-29-3-5-31-60(58)83(61-32-6-4-30-59(61)82)93-71-40-16-14-38-69(71)91(73-42-20-34-63-57-28-10-18-44-81(57)95-85(63)73)77-48-65-55-26-8-12-36-67(55)89(75(65)50-79(77)93)53-24-22-46-87-51-53/h3-9,11-17,19-27,29-43,45-51,57,81H,2,10,18,28,44H2,1H3/b45-21-,52-23+. The SMILES string of the molecule is C=N/C=C\C=C(/C)n1c2ccccc2c2cc3c(cc21)N(c1c2ccccc2c(N2c4ccccc4N(c4cccc5c4SC4CCCCC54)c4cc5c6ccccc6n(-c6cccnc6)c5cc42)c2ccccc12)c1ccccc1N3c1cccc2c1sc1ccccc12. The molecule has 1 saturated carbocycles. The maximum absolute atomic E-state index is 4.72. The van der Waals surface area contributed by atoms with Gasteiger partial charge in [-0.2, -0.15) is 0 Å². The average molecular weight is 1260 g/mol. The molecule has 20 rings (SSSR count). The minimum atomic E-state index is 0.563. The van der Waals surface area contributed by atoms with Crippen LogP contribution in [-0.4, -0.2) is 26.1 Å². The molecular weight excluding hydrogens is 1200 g/mol. The quantitative estimate of drug-likeness (QED) is 0.0858. The van der Waals surface area contributed by atoms with E-state index < -0.39 is 0 Å². The molecule has 1 aliphatic carbocycles. The van der Waals surface area contributed by atoms with Crippen LogP contribution in [0, 0.1) is 0 Å². The Bertz CT molecular complexity index is 5950. The molecule has 0 saturated heterocycles. The number of aliphatic imine (C=N–C) groups is 1. The molecule has 0 bridgehead atoms. The molecule has 7 heterocycles. The van der Waals surface area contributed by atoms with Crippen LogP contribution >= 0.6 is 23.1 Å². The summed E-state index contributed by atoms with van der Waals surface area (Å²) >= 11 is 4.00. The fourth-order valence-corrected chi connectivity index (χ4v) is 19.6. The molecule has 12 aromatic carbocycles. The van der Waals surface area contributed by atoms with E-state index in [4.69, 9.17) is 4.98 Å². The fourth-order valence-electron chi connectivity index (χ4n) is 16.7. The van der Waals surface area contributed by atoms with Crippen LogP contribution in [0.5, 0.6) is 0 Å². The molecule has 0 amide bonds. The first-order valence-corrected chi connectivity index (χ1v) is 34.6. The molecule has 0 N–H and O–H groups in total. The van der Waals surface area contributed by atoms with E-state index in [1.54, 1.807) is 6.20 Å². The number of anilines is 12. The summed E-state index contributed by atoms with van der Waals surface area (Å²) in [5.41, 5.74) is 21.6. The molecule has 4 aromatic heterocycles. The van der Waals surface area contributed by atoms with E-state index in [1.807, 2.05) is 35.9 Å². The Hall–Kier alpha value is -11.2. The second-order valence-corrected chi connectivity index (χ2v) is 27.9. The molecule has 16 aromatic rings. The third-order valence-corrected chi connectivity index (χ3v) is 23.4. The Morgan fingerprint density at radius 3 is 1.63 bits per heavy atom. The van der Waals surface area contributed by atoms with E-state index in [2.05, 4.69) is 302 Å². The Balaban J connectivity index is 0.887. The van der Waals surface area contributed by atoms with E-state index in [1.165, 1.54) is 83.5 Å². The zero-order valence-electron chi connectivity index (χ0n) is 52.1. The third-order valence-electron chi connectivity index (χ3n) is 20.6. The van der Waals surface area contributed by atoms with Gasteiger partial charge in [-0.1, -0.05) is 165 Å². The van der Waals surface area contributed by atoms with Gasteiger partial charge >= 0.3 is 0 Å². The molecule has 4 aliphatic rings. The number of hydrogen-bond donors (Lipinski definition) is 0. The summed E-state index contributed by atoms with van der Waals surface area (Å²) < 4.78 is 7.36. The Labute approximate surface area is 557 Å². The lowest BCUT2D eigenvalue weighted by atomic mass is 9.84. The third kappa shape index (κ3) is 7.89. The van der Waals surface area contributed by atoms with Gasteiger partial charge in [-0.25, -0.2) is 0 Å². The van der Waals surface area contributed by atoms with Gasteiger partial charge in [0, 0.05) is 86.8 Å². The van der Waals surface area contributed by atoms with Crippen molar-refractivity contribution >= 4 is 189 Å². The van der Waals surface area contributed by atoms with Crippen LogP contribution in [0.1, 0.15) is 44.1 Å². The van der Waals surface area contributed by atoms with Crippen molar-refractivity contribution < 1.29 is 0 Å². The molecule has 2 atom stereocenters. The lowest BCUT2D eigenvalue weighted by Gasteiger charge is -2.43. The van der Waals surface area contributed by atoms with Crippen LogP contribution in [0.2, 0.25) is 0 Å². The molecule has 10 heteroatoms. The monoisotopic (exact) mass is 1260 g/mol. The number of hydrogen-bond acceptors (Lipinski definition) is 8. The number of thioether (sulfide) groups is 1. The Morgan fingerprint density at radius 1 is 0.453 bits per heavy atom. The van der Waals surface area contributed by atoms with E-state index in [0.29, 0.717) is 11.2 Å². The largest absolute Gasteiger partial charge is 0.313 e. The number of allylic oxidation sites excluding steroid dienone is 3. The highest BCUT2D eigenvalue weighted by atomic mass is 32.2. The molecular formula is C85H60N8S2. The molecule has 2 unspecified atom stereocenters. The second kappa shape index (κ2) is 21.2. The molecule has 452 valence electrons. The van der Waals surface area contributed by atoms with Crippen LogP contribution in [0.4, 0.5) is 68.2 Å². The van der Waals surface area contributed by atoms with Crippen molar-refractivity contribution in [3.05, 3.63) is 279 Å². The Morgan fingerprint density at radius 2 is 0.968 bits per heavy atom. The lowest BCUT2D eigenvalue weighted by molar-refractivity contribution is 0.461. The van der Waals surface area contributed by atoms with Crippen molar-refractivity contribution in [1.82, 2.24) is 14.1 Å². The summed E-state index contributed by atoms with van der Waals surface area (Å²) in [6, 6.07) is 91.4. The van der Waals surface area contributed by atoms with E-state index >= 15 is 0 Å². The summed E-state index contributed by atoms with van der Waals surface area (Å²) in [5.74, 6) is 0.563. The molecule has 0 radical (unpaired) electrons. The van der Waals surface area contributed by atoms with E-state index in [9.17, 15) is 0 Å². The van der Waals surface area contributed by atoms with Gasteiger partial charge in [0.2, 0.25) is 0 Å². The van der Waals surface area contributed by atoms with Crippen molar-refractivity contribution in [1.29, 1.82) is 0 Å². The van der Waals surface area contributed by atoms with Crippen LogP contribution in [0.15, 0.2) is 283 Å². The normalized spacial score (nSPS) is 16.0. The smallest absolute Gasteiger partial charge is 0.0725 e. The zero-order valence-corrected chi connectivity index (χ0v) is 53.7. The Kier molecular flexibility index (Phi) is 12.1. The summed E-state index contributed by atoms with van der Waals surface area (Å²) in [6.07, 6.45) is 14.8. The topological polar surface area (TPSA) is 48.1 Å². The number of benzene rings is 12. The number of aromatic nitrogens is 3. The van der Waals surface area contributed by atoms with Crippen LogP contribution in [-0.2, 0) is 0 Å². The summed E-state index contributed by atoms with van der Waals surface area (Å²) in [5, 5.41) is 12.4. The van der Waals surface area contributed by atoms with Gasteiger partial charge < -0.3 is 28.7 Å². The summed E-state index contributed by atoms with van der Waals surface area (Å²) in [4.78, 5) is 20.6. The highest BCUT2D eigenvalue weighted by molar-refractivity contribution is 8.00.